The Bertz CT molecular complexity index is 341. The number of sulfone groups is 1. The van der Waals surface area contributed by atoms with Crippen molar-refractivity contribution in [1.29, 1.82) is 0 Å². The van der Waals surface area contributed by atoms with Crippen molar-refractivity contribution >= 4 is 21.6 Å². The Balaban J connectivity index is 1.96. The molecule has 7 heteroatoms. The summed E-state index contributed by atoms with van der Waals surface area (Å²) in [6.45, 7) is 3.90. The van der Waals surface area contributed by atoms with Gasteiger partial charge in [0.25, 0.3) is 0 Å². The molecule has 0 aromatic carbocycles. The molecule has 0 aromatic heterocycles. The van der Waals surface area contributed by atoms with E-state index in [4.69, 9.17) is 4.74 Å². The fourth-order valence-corrected chi connectivity index (χ4v) is 5.19. The average Bonchev–Trinajstić information content (AvgIpc) is 2.30. The quantitative estimate of drug-likeness (QED) is 0.745. The molecule has 2 atom stereocenters. The maximum Gasteiger partial charge on any atom is 0.164 e. The highest BCUT2D eigenvalue weighted by atomic mass is 32.2. The Morgan fingerprint density at radius 3 is 3.00 bits per heavy atom. The molecule has 5 nitrogen and oxygen atoms in total. The van der Waals surface area contributed by atoms with Gasteiger partial charge in [0, 0.05) is 43.4 Å². The van der Waals surface area contributed by atoms with Gasteiger partial charge < -0.3 is 10.1 Å². The van der Waals surface area contributed by atoms with Crippen molar-refractivity contribution < 1.29 is 13.2 Å². The van der Waals surface area contributed by atoms with Crippen LogP contribution in [0, 0.1) is 0 Å². The first kappa shape index (κ1) is 13.6. The fraction of sp³-hybridized carbons (Fsp3) is 1.00. The van der Waals surface area contributed by atoms with Crippen molar-refractivity contribution in [1.82, 2.24) is 10.2 Å². The van der Waals surface area contributed by atoms with E-state index >= 15 is 0 Å². The molecule has 0 aromatic rings. The summed E-state index contributed by atoms with van der Waals surface area (Å²) in [4.78, 5) is 2.08. The molecule has 0 amide bonds. The van der Waals surface area contributed by atoms with Gasteiger partial charge in [-0.25, -0.2) is 8.42 Å². The zero-order valence-corrected chi connectivity index (χ0v) is 11.7. The third kappa shape index (κ3) is 3.82. The summed E-state index contributed by atoms with van der Waals surface area (Å²) in [6.07, 6.45) is 1.33. The van der Waals surface area contributed by atoms with Gasteiger partial charge in [0.1, 0.15) is 5.37 Å². The molecule has 2 fully saturated rings. The zero-order chi connectivity index (χ0) is 12.3. The first-order valence-electron chi connectivity index (χ1n) is 5.89. The number of thioether (sulfide) groups is 1. The largest absolute Gasteiger partial charge is 0.378 e. The molecule has 1 N–H and O–H groups in total. The lowest BCUT2D eigenvalue weighted by Gasteiger charge is -2.37. The van der Waals surface area contributed by atoms with Crippen LogP contribution in [0.1, 0.15) is 0 Å². The summed E-state index contributed by atoms with van der Waals surface area (Å²) in [5, 5.41) is 3.04. The summed E-state index contributed by atoms with van der Waals surface area (Å²) < 4.78 is 28.9. The number of ether oxygens (including phenoxy) is 1. The molecule has 2 aliphatic rings. The monoisotopic (exact) mass is 280 g/mol. The normalized spacial score (nSPS) is 32.5. The molecule has 0 bridgehead atoms. The van der Waals surface area contributed by atoms with Gasteiger partial charge in [-0.2, -0.15) is 11.8 Å². The molecule has 2 aliphatic heterocycles. The van der Waals surface area contributed by atoms with Crippen LogP contribution < -0.4 is 5.32 Å². The zero-order valence-electron chi connectivity index (χ0n) is 10.1. The summed E-state index contributed by atoms with van der Waals surface area (Å²) in [5.74, 6) is 1.70. The second-order valence-corrected chi connectivity index (χ2v) is 7.93. The van der Waals surface area contributed by atoms with E-state index in [-0.39, 0.29) is 11.4 Å². The Hall–Kier alpha value is 0.180. The van der Waals surface area contributed by atoms with Gasteiger partial charge in [0.15, 0.2) is 9.84 Å². The predicted molar refractivity (Wildman–Crippen MR) is 70.1 cm³/mol. The summed E-state index contributed by atoms with van der Waals surface area (Å²) in [5.41, 5.74) is 0. The molecule has 0 aliphatic carbocycles. The number of rotatable bonds is 3. The van der Waals surface area contributed by atoms with Crippen LogP contribution in [-0.4, -0.2) is 75.3 Å². The molecular weight excluding hydrogens is 260 g/mol. The maximum atomic E-state index is 11.7. The molecule has 0 spiro atoms. The average molecular weight is 280 g/mol. The van der Waals surface area contributed by atoms with Crippen LogP contribution in [0.25, 0.3) is 0 Å². The van der Waals surface area contributed by atoms with Gasteiger partial charge in [-0.1, -0.05) is 0 Å². The highest BCUT2D eigenvalue weighted by Gasteiger charge is 2.32. The fourth-order valence-electron chi connectivity index (χ4n) is 2.24. The van der Waals surface area contributed by atoms with E-state index < -0.39 is 9.84 Å². The van der Waals surface area contributed by atoms with Crippen molar-refractivity contribution in [2.75, 3.05) is 50.6 Å². The van der Waals surface area contributed by atoms with Gasteiger partial charge in [-0.05, 0) is 0 Å². The van der Waals surface area contributed by atoms with Gasteiger partial charge in [0.05, 0.1) is 13.2 Å². The molecule has 2 rings (SSSR count). The number of morpholine rings is 1. The highest BCUT2D eigenvalue weighted by Crippen LogP contribution is 2.20. The Morgan fingerprint density at radius 1 is 1.53 bits per heavy atom. The number of nitrogens with zero attached hydrogens (tertiary/aromatic N) is 1. The van der Waals surface area contributed by atoms with E-state index in [2.05, 4.69) is 10.2 Å². The lowest BCUT2D eigenvalue weighted by molar-refractivity contribution is 0.0613. The Morgan fingerprint density at radius 2 is 2.35 bits per heavy atom. The van der Waals surface area contributed by atoms with Crippen molar-refractivity contribution in [3.05, 3.63) is 0 Å². The molecule has 0 radical (unpaired) electrons. The topological polar surface area (TPSA) is 58.6 Å². The minimum absolute atomic E-state index is 0.260. The summed E-state index contributed by atoms with van der Waals surface area (Å²) >= 11 is 1.72. The lowest BCUT2D eigenvalue weighted by Crippen LogP contribution is -2.54. The van der Waals surface area contributed by atoms with Crippen LogP contribution in [0.15, 0.2) is 0 Å². The molecular formula is C10H20N2O3S2. The van der Waals surface area contributed by atoms with E-state index in [1.165, 1.54) is 6.26 Å². The van der Waals surface area contributed by atoms with Gasteiger partial charge >= 0.3 is 0 Å². The van der Waals surface area contributed by atoms with Crippen LogP contribution in [-0.2, 0) is 14.6 Å². The van der Waals surface area contributed by atoms with E-state index in [1.807, 2.05) is 0 Å². The number of hydrogen-bond acceptors (Lipinski definition) is 6. The second kappa shape index (κ2) is 5.88. The Kier molecular flexibility index (Phi) is 4.71. The Labute approximate surface area is 107 Å². The minimum atomic E-state index is -2.99. The van der Waals surface area contributed by atoms with E-state index in [0.29, 0.717) is 12.4 Å². The third-order valence-electron chi connectivity index (χ3n) is 3.14. The van der Waals surface area contributed by atoms with Gasteiger partial charge in [-0.15, -0.1) is 0 Å². The van der Waals surface area contributed by atoms with Crippen molar-refractivity contribution in [3.8, 4) is 0 Å². The third-order valence-corrected chi connectivity index (χ3v) is 5.83. The van der Waals surface area contributed by atoms with Gasteiger partial charge in [-0.3, -0.25) is 4.90 Å². The number of hydrogen-bond donors (Lipinski definition) is 1. The highest BCUT2D eigenvalue weighted by molar-refractivity contribution is 8.00. The molecule has 17 heavy (non-hydrogen) atoms. The minimum Gasteiger partial charge on any atom is -0.378 e. The molecule has 2 unspecified atom stereocenters. The summed E-state index contributed by atoms with van der Waals surface area (Å²) in [7, 11) is -2.99. The van der Waals surface area contributed by atoms with E-state index in [9.17, 15) is 8.42 Å². The van der Waals surface area contributed by atoms with Crippen LogP contribution in [0.3, 0.4) is 0 Å². The molecule has 0 saturated carbocycles. The van der Waals surface area contributed by atoms with Crippen molar-refractivity contribution in [3.63, 3.8) is 0 Å². The SMILES string of the molecule is CS(=O)(=O)C1CSCCN1CC1COCCN1. The second-order valence-electron chi connectivity index (χ2n) is 4.58. The molecule has 2 heterocycles. The van der Waals surface area contributed by atoms with Gasteiger partial charge in [0.2, 0.25) is 0 Å². The van der Waals surface area contributed by atoms with Crippen molar-refractivity contribution in [2.24, 2.45) is 0 Å². The van der Waals surface area contributed by atoms with Crippen LogP contribution in [0.2, 0.25) is 0 Å². The van der Waals surface area contributed by atoms with Crippen molar-refractivity contribution in [2.45, 2.75) is 11.4 Å². The molecule has 2 saturated heterocycles. The first-order chi connectivity index (χ1) is 8.07. The lowest BCUT2D eigenvalue weighted by atomic mass is 10.2. The summed E-state index contributed by atoms with van der Waals surface area (Å²) in [6, 6.07) is 0.260. The van der Waals surface area contributed by atoms with Crippen LogP contribution in [0.5, 0.6) is 0 Å². The molecule has 100 valence electrons. The van der Waals surface area contributed by atoms with Crippen LogP contribution in [0.4, 0.5) is 0 Å². The standard InChI is InChI=1S/C10H20N2O3S2/c1-17(13,14)10-8-16-5-3-12(10)6-9-7-15-4-2-11-9/h9-11H,2-8H2,1H3. The number of nitrogens with one attached hydrogen (secondary N) is 1. The predicted octanol–water partition coefficient (Wildman–Crippen LogP) is -0.606. The smallest absolute Gasteiger partial charge is 0.164 e. The van der Waals surface area contributed by atoms with E-state index in [1.54, 1.807) is 11.8 Å². The first-order valence-corrected chi connectivity index (χ1v) is 9.00. The van der Waals surface area contributed by atoms with E-state index in [0.717, 1.165) is 32.0 Å². The van der Waals surface area contributed by atoms with Crippen LogP contribution >= 0.6 is 11.8 Å². The maximum absolute atomic E-state index is 11.7.